The van der Waals surface area contributed by atoms with Gasteiger partial charge >= 0.3 is 0 Å². The molecule has 2 amide bonds. The molecule has 178 valence electrons. The van der Waals surface area contributed by atoms with Crippen LogP contribution in [0.1, 0.15) is 29.1 Å². The number of nitrogens with zero attached hydrogens (tertiary/aromatic N) is 3. The van der Waals surface area contributed by atoms with Crippen LogP contribution >= 0.6 is 35.0 Å². The van der Waals surface area contributed by atoms with Crippen molar-refractivity contribution in [2.24, 2.45) is 0 Å². The summed E-state index contributed by atoms with van der Waals surface area (Å²) in [6.07, 6.45) is 1.70. The maximum Gasteiger partial charge on any atom is 0.251 e. The van der Waals surface area contributed by atoms with Gasteiger partial charge < -0.3 is 19.9 Å². The summed E-state index contributed by atoms with van der Waals surface area (Å²) in [4.78, 5) is 25.0. The number of hydrogen-bond donors (Lipinski definition) is 2. The molecule has 11 heteroatoms. The Morgan fingerprint density at radius 2 is 1.94 bits per heavy atom. The van der Waals surface area contributed by atoms with Gasteiger partial charge in [0.15, 0.2) is 11.0 Å². The highest BCUT2D eigenvalue weighted by Crippen LogP contribution is 2.26. The fourth-order valence-electron chi connectivity index (χ4n) is 3.02. The first-order chi connectivity index (χ1) is 16.3. The average molecular weight is 520 g/mol. The van der Waals surface area contributed by atoms with Gasteiger partial charge in [-0.2, -0.15) is 0 Å². The van der Waals surface area contributed by atoms with Crippen LogP contribution in [0.4, 0.5) is 5.69 Å². The Hall–Kier alpha value is -3.01. The Bertz CT molecular complexity index is 1180. The van der Waals surface area contributed by atoms with Crippen molar-refractivity contribution < 1.29 is 14.3 Å². The summed E-state index contributed by atoms with van der Waals surface area (Å²) < 4.78 is 6.93. The van der Waals surface area contributed by atoms with Crippen molar-refractivity contribution in [3.8, 4) is 5.75 Å². The largest absolute Gasteiger partial charge is 0.497 e. The van der Waals surface area contributed by atoms with Crippen LogP contribution in [0.3, 0.4) is 0 Å². The van der Waals surface area contributed by atoms with E-state index in [4.69, 9.17) is 27.9 Å². The zero-order valence-electron chi connectivity index (χ0n) is 18.5. The van der Waals surface area contributed by atoms with Gasteiger partial charge in [-0.05, 0) is 49.4 Å². The van der Waals surface area contributed by atoms with E-state index in [9.17, 15) is 9.59 Å². The number of carbonyl (C=O) groups excluding carboxylic acids is 2. The molecule has 34 heavy (non-hydrogen) atoms. The van der Waals surface area contributed by atoms with Crippen LogP contribution in [0, 0.1) is 0 Å². The summed E-state index contributed by atoms with van der Waals surface area (Å²) in [5.41, 5.74) is 0.967. The van der Waals surface area contributed by atoms with Gasteiger partial charge in [-0.25, -0.2) is 0 Å². The smallest absolute Gasteiger partial charge is 0.251 e. The summed E-state index contributed by atoms with van der Waals surface area (Å²) in [5, 5.41) is 15.5. The van der Waals surface area contributed by atoms with E-state index in [0.717, 1.165) is 0 Å². The van der Waals surface area contributed by atoms with Crippen molar-refractivity contribution in [2.45, 2.75) is 24.7 Å². The molecular weight excluding hydrogens is 497 g/mol. The Labute approximate surface area is 211 Å². The number of carbonyl (C=O) groups is 2. The van der Waals surface area contributed by atoms with Crippen molar-refractivity contribution in [2.75, 3.05) is 18.2 Å². The minimum Gasteiger partial charge on any atom is -0.497 e. The summed E-state index contributed by atoms with van der Waals surface area (Å²) in [7, 11) is 1.57. The lowest BCUT2D eigenvalue weighted by Crippen LogP contribution is -2.28. The van der Waals surface area contributed by atoms with E-state index in [2.05, 4.69) is 27.4 Å². The van der Waals surface area contributed by atoms with Crippen LogP contribution in [-0.2, 0) is 11.3 Å². The fourth-order valence-corrected chi connectivity index (χ4v) is 4.23. The maximum absolute atomic E-state index is 12.6. The second-order valence-electron chi connectivity index (χ2n) is 7.12. The molecule has 1 unspecified atom stereocenters. The third-order valence-electron chi connectivity index (χ3n) is 4.68. The Kier molecular flexibility index (Phi) is 8.98. The minimum atomic E-state index is -0.432. The van der Waals surface area contributed by atoms with Crippen molar-refractivity contribution in [3.05, 3.63) is 76.6 Å². The highest BCUT2D eigenvalue weighted by molar-refractivity contribution is 7.99. The van der Waals surface area contributed by atoms with Gasteiger partial charge in [0.2, 0.25) is 5.91 Å². The predicted molar refractivity (Wildman–Crippen MR) is 135 cm³/mol. The molecule has 1 atom stereocenters. The number of thioether (sulfide) groups is 1. The van der Waals surface area contributed by atoms with Gasteiger partial charge in [-0.15, -0.1) is 16.8 Å². The highest BCUT2D eigenvalue weighted by Gasteiger charge is 2.20. The van der Waals surface area contributed by atoms with Gasteiger partial charge in [0.1, 0.15) is 5.75 Å². The van der Waals surface area contributed by atoms with Crippen LogP contribution in [0.15, 0.2) is 60.3 Å². The molecule has 0 radical (unpaired) electrons. The van der Waals surface area contributed by atoms with E-state index in [0.29, 0.717) is 44.6 Å². The second-order valence-corrected chi connectivity index (χ2v) is 8.91. The SMILES string of the molecule is C=CCn1c(SCC(=O)Nc2ccc(Cl)cc2Cl)nnc1C(C)NC(=O)c1ccc(OC)cc1. The number of nitrogens with one attached hydrogen (secondary N) is 2. The van der Waals surface area contributed by atoms with E-state index in [1.165, 1.54) is 11.8 Å². The number of aromatic nitrogens is 3. The molecule has 0 saturated carbocycles. The molecule has 3 aromatic rings. The quantitative estimate of drug-likeness (QED) is 0.288. The molecule has 0 aliphatic heterocycles. The molecule has 0 spiro atoms. The molecule has 8 nitrogen and oxygen atoms in total. The lowest BCUT2D eigenvalue weighted by atomic mass is 10.2. The van der Waals surface area contributed by atoms with E-state index < -0.39 is 6.04 Å². The van der Waals surface area contributed by atoms with Crippen molar-refractivity contribution in [1.82, 2.24) is 20.1 Å². The Balaban J connectivity index is 1.66. The molecular formula is C23H23Cl2N5O3S. The first-order valence-electron chi connectivity index (χ1n) is 10.2. The summed E-state index contributed by atoms with van der Waals surface area (Å²) in [6, 6.07) is 11.2. The number of halogens is 2. The number of hydrogen-bond acceptors (Lipinski definition) is 6. The molecule has 1 aromatic heterocycles. The fraction of sp³-hybridized carbons (Fsp3) is 0.217. The van der Waals surface area contributed by atoms with Crippen LogP contribution in [0.5, 0.6) is 5.75 Å². The van der Waals surface area contributed by atoms with Crippen molar-refractivity contribution in [3.63, 3.8) is 0 Å². The summed E-state index contributed by atoms with van der Waals surface area (Å²) in [5.74, 6) is 0.784. The molecule has 0 fully saturated rings. The highest BCUT2D eigenvalue weighted by atomic mass is 35.5. The third kappa shape index (κ3) is 6.53. The summed E-state index contributed by atoms with van der Waals surface area (Å²) >= 11 is 13.2. The topological polar surface area (TPSA) is 98.1 Å². The van der Waals surface area contributed by atoms with Gasteiger partial charge in [-0.1, -0.05) is 41.0 Å². The average Bonchev–Trinajstić information content (AvgIpc) is 3.22. The molecule has 3 rings (SSSR count). The lowest BCUT2D eigenvalue weighted by Gasteiger charge is -2.15. The number of amides is 2. The second kappa shape index (κ2) is 11.9. The maximum atomic E-state index is 12.6. The van der Waals surface area contributed by atoms with Crippen LogP contribution in [0.25, 0.3) is 0 Å². The summed E-state index contributed by atoms with van der Waals surface area (Å²) in [6.45, 7) is 6.01. The van der Waals surface area contributed by atoms with Crippen molar-refractivity contribution in [1.29, 1.82) is 0 Å². The number of benzene rings is 2. The zero-order chi connectivity index (χ0) is 24.7. The predicted octanol–water partition coefficient (Wildman–Crippen LogP) is 5.00. The lowest BCUT2D eigenvalue weighted by molar-refractivity contribution is -0.113. The molecule has 0 aliphatic rings. The molecule has 0 aliphatic carbocycles. The number of ether oxygens (including phenoxy) is 1. The number of rotatable bonds is 10. The Morgan fingerprint density at radius 1 is 1.21 bits per heavy atom. The molecule has 0 bridgehead atoms. The molecule has 0 saturated heterocycles. The number of anilines is 1. The molecule has 2 N–H and O–H groups in total. The first-order valence-corrected chi connectivity index (χ1v) is 11.9. The van der Waals surface area contributed by atoms with Crippen LogP contribution in [-0.4, -0.2) is 39.4 Å². The number of allylic oxidation sites excluding steroid dienone is 1. The van der Waals surface area contributed by atoms with E-state index in [1.54, 1.807) is 60.2 Å². The minimum absolute atomic E-state index is 0.0841. The van der Waals surface area contributed by atoms with Crippen LogP contribution < -0.4 is 15.4 Å². The van der Waals surface area contributed by atoms with E-state index in [-0.39, 0.29) is 17.6 Å². The van der Waals surface area contributed by atoms with Gasteiger partial charge in [0.25, 0.3) is 5.91 Å². The first kappa shape index (κ1) is 25.6. The van der Waals surface area contributed by atoms with E-state index >= 15 is 0 Å². The van der Waals surface area contributed by atoms with Crippen LogP contribution in [0.2, 0.25) is 10.0 Å². The normalized spacial score (nSPS) is 11.5. The zero-order valence-corrected chi connectivity index (χ0v) is 20.9. The monoisotopic (exact) mass is 519 g/mol. The molecule has 1 heterocycles. The Morgan fingerprint density at radius 3 is 2.59 bits per heavy atom. The van der Waals surface area contributed by atoms with Gasteiger partial charge in [0.05, 0.1) is 29.6 Å². The number of methoxy groups -OCH3 is 1. The van der Waals surface area contributed by atoms with E-state index in [1.807, 2.05) is 6.92 Å². The standard InChI is InChI=1S/C23H23Cl2N5O3S/c1-4-11-30-21(14(2)26-22(32)15-5-8-17(33-3)9-6-15)28-29-23(30)34-13-20(31)27-19-10-7-16(24)12-18(19)25/h4-10,12,14H,1,11,13H2,2-3H3,(H,26,32)(H,27,31). The van der Waals surface area contributed by atoms with Gasteiger partial charge in [0, 0.05) is 17.1 Å². The van der Waals surface area contributed by atoms with Crippen molar-refractivity contribution >= 4 is 52.5 Å². The van der Waals surface area contributed by atoms with Gasteiger partial charge in [-0.3, -0.25) is 9.59 Å². The molecule has 2 aromatic carbocycles. The third-order valence-corrected chi connectivity index (χ3v) is 6.20.